The van der Waals surface area contributed by atoms with E-state index in [1.165, 1.54) is 13.3 Å². The molecule has 0 aliphatic rings. The molecular formula is C20H20N4O3. The third-order valence-corrected chi connectivity index (χ3v) is 3.69. The second-order valence-electron chi connectivity index (χ2n) is 5.65. The number of nitrogens with one attached hydrogen (secondary N) is 2. The summed E-state index contributed by atoms with van der Waals surface area (Å²) in [5.41, 5.74) is 2.42. The first kappa shape index (κ1) is 18.2. The molecule has 2 aromatic heterocycles. The number of rotatable bonds is 7. The van der Waals surface area contributed by atoms with Gasteiger partial charge in [-0.05, 0) is 35.9 Å². The summed E-state index contributed by atoms with van der Waals surface area (Å²) in [6.45, 7) is 0.812. The normalized spacial score (nSPS) is 10.1. The number of benzene rings is 1. The second kappa shape index (κ2) is 9.19. The molecule has 0 spiro atoms. The molecule has 27 heavy (non-hydrogen) atoms. The van der Waals surface area contributed by atoms with Gasteiger partial charge in [0, 0.05) is 18.8 Å². The first-order valence-electron chi connectivity index (χ1n) is 8.39. The molecule has 138 valence electrons. The SMILES string of the molecule is COc1ccc(NC(=O)NCc2ccc(OCc3ccccn3)cc2)cn1. The van der Waals surface area contributed by atoms with Gasteiger partial charge in [-0.3, -0.25) is 4.98 Å². The second-order valence-corrected chi connectivity index (χ2v) is 5.65. The van der Waals surface area contributed by atoms with Crippen LogP contribution in [-0.2, 0) is 13.2 Å². The number of methoxy groups -OCH3 is 1. The molecule has 0 bridgehead atoms. The summed E-state index contributed by atoms with van der Waals surface area (Å²) in [5.74, 6) is 1.24. The zero-order valence-electron chi connectivity index (χ0n) is 14.9. The number of amides is 2. The average molecular weight is 364 g/mol. The van der Waals surface area contributed by atoms with Gasteiger partial charge in [0.25, 0.3) is 0 Å². The molecule has 0 aliphatic heterocycles. The summed E-state index contributed by atoms with van der Waals surface area (Å²) < 4.78 is 10.7. The topological polar surface area (TPSA) is 85.4 Å². The summed E-state index contributed by atoms with van der Waals surface area (Å²) in [6, 6.07) is 16.3. The zero-order valence-corrected chi connectivity index (χ0v) is 14.9. The summed E-state index contributed by atoms with van der Waals surface area (Å²) >= 11 is 0. The van der Waals surface area contributed by atoms with Crippen LogP contribution in [-0.4, -0.2) is 23.1 Å². The van der Waals surface area contributed by atoms with Crippen LogP contribution in [0.5, 0.6) is 11.6 Å². The van der Waals surface area contributed by atoms with Gasteiger partial charge in [0.1, 0.15) is 12.4 Å². The molecule has 0 saturated carbocycles. The molecule has 3 rings (SSSR count). The van der Waals surface area contributed by atoms with E-state index in [1.54, 1.807) is 18.3 Å². The lowest BCUT2D eigenvalue weighted by Crippen LogP contribution is -2.28. The summed E-state index contributed by atoms with van der Waals surface area (Å²) in [4.78, 5) is 20.2. The Kier molecular flexibility index (Phi) is 6.19. The lowest BCUT2D eigenvalue weighted by Gasteiger charge is -2.09. The molecule has 0 unspecified atom stereocenters. The van der Waals surface area contributed by atoms with Crippen LogP contribution in [0.15, 0.2) is 67.0 Å². The van der Waals surface area contributed by atoms with Crippen LogP contribution >= 0.6 is 0 Å². The highest BCUT2D eigenvalue weighted by molar-refractivity contribution is 5.88. The quantitative estimate of drug-likeness (QED) is 0.671. The Morgan fingerprint density at radius 1 is 1.04 bits per heavy atom. The van der Waals surface area contributed by atoms with Gasteiger partial charge in [0.05, 0.1) is 24.7 Å². The molecule has 0 saturated heterocycles. The van der Waals surface area contributed by atoms with Crippen LogP contribution in [0.25, 0.3) is 0 Å². The predicted molar refractivity (Wildman–Crippen MR) is 102 cm³/mol. The molecule has 0 radical (unpaired) electrons. The van der Waals surface area contributed by atoms with E-state index in [-0.39, 0.29) is 6.03 Å². The van der Waals surface area contributed by atoms with Crippen molar-refractivity contribution in [1.82, 2.24) is 15.3 Å². The van der Waals surface area contributed by atoms with E-state index in [9.17, 15) is 4.79 Å². The number of carbonyl (C=O) groups is 1. The number of nitrogens with zero attached hydrogens (tertiary/aromatic N) is 2. The van der Waals surface area contributed by atoms with Crippen LogP contribution < -0.4 is 20.1 Å². The van der Waals surface area contributed by atoms with Crippen LogP contribution in [0.2, 0.25) is 0 Å². The summed E-state index contributed by atoms with van der Waals surface area (Å²) in [6.07, 6.45) is 3.27. The number of anilines is 1. The molecule has 3 aromatic rings. The number of aromatic nitrogens is 2. The van der Waals surface area contributed by atoms with Gasteiger partial charge >= 0.3 is 6.03 Å². The Bertz CT molecular complexity index is 853. The number of urea groups is 1. The van der Waals surface area contributed by atoms with Gasteiger partial charge < -0.3 is 20.1 Å². The molecule has 7 heteroatoms. The number of carbonyl (C=O) groups excluding carboxylic acids is 1. The Hall–Kier alpha value is -3.61. The van der Waals surface area contributed by atoms with Crippen molar-refractivity contribution in [2.45, 2.75) is 13.2 Å². The maximum Gasteiger partial charge on any atom is 0.319 e. The maximum absolute atomic E-state index is 12.0. The molecule has 0 aliphatic carbocycles. The minimum Gasteiger partial charge on any atom is -0.487 e. The van der Waals surface area contributed by atoms with E-state index in [4.69, 9.17) is 9.47 Å². The number of ether oxygens (including phenoxy) is 2. The lowest BCUT2D eigenvalue weighted by molar-refractivity contribution is 0.251. The van der Waals surface area contributed by atoms with Crippen LogP contribution in [0, 0.1) is 0 Å². The highest BCUT2D eigenvalue weighted by Gasteiger charge is 2.03. The minimum atomic E-state index is -0.308. The fourth-order valence-corrected chi connectivity index (χ4v) is 2.28. The van der Waals surface area contributed by atoms with Gasteiger partial charge in [0.15, 0.2) is 0 Å². The van der Waals surface area contributed by atoms with E-state index >= 15 is 0 Å². The molecule has 0 fully saturated rings. The average Bonchev–Trinajstić information content (AvgIpc) is 2.73. The van der Waals surface area contributed by atoms with Gasteiger partial charge in [-0.2, -0.15) is 0 Å². The largest absolute Gasteiger partial charge is 0.487 e. The molecule has 0 atom stereocenters. The van der Waals surface area contributed by atoms with Crippen molar-refractivity contribution >= 4 is 11.7 Å². The highest BCUT2D eigenvalue weighted by atomic mass is 16.5. The van der Waals surface area contributed by atoms with Crippen molar-refractivity contribution in [3.8, 4) is 11.6 Å². The summed E-state index contributed by atoms with van der Waals surface area (Å²) in [5, 5.41) is 5.51. The maximum atomic E-state index is 12.0. The van der Waals surface area contributed by atoms with E-state index in [1.807, 2.05) is 42.5 Å². The van der Waals surface area contributed by atoms with Gasteiger partial charge in [-0.15, -0.1) is 0 Å². The van der Waals surface area contributed by atoms with Crippen molar-refractivity contribution in [2.24, 2.45) is 0 Å². The minimum absolute atomic E-state index is 0.308. The van der Waals surface area contributed by atoms with Crippen LogP contribution in [0.1, 0.15) is 11.3 Å². The standard InChI is InChI=1S/C20H20N4O3/c1-26-19-10-7-16(13-22-19)24-20(25)23-12-15-5-8-18(9-6-15)27-14-17-4-2-3-11-21-17/h2-11,13H,12,14H2,1H3,(H2,23,24,25). The van der Waals surface area contributed by atoms with Crippen molar-refractivity contribution in [1.29, 1.82) is 0 Å². The Labute approximate surface area is 157 Å². The van der Waals surface area contributed by atoms with Crippen molar-refractivity contribution in [2.75, 3.05) is 12.4 Å². The van der Waals surface area contributed by atoms with Gasteiger partial charge in [0.2, 0.25) is 5.88 Å². The van der Waals surface area contributed by atoms with Crippen LogP contribution in [0.3, 0.4) is 0 Å². The smallest absolute Gasteiger partial charge is 0.319 e. The van der Waals surface area contributed by atoms with Crippen molar-refractivity contribution in [3.63, 3.8) is 0 Å². The van der Waals surface area contributed by atoms with Crippen LogP contribution in [0.4, 0.5) is 10.5 Å². The Balaban J connectivity index is 1.44. The van der Waals surface area contributed by atoms with Gasteiger partial charge in [-0.25, -0.2) is 9.78 Å². The van der Waals surface area contributed by atoms with E-state index in [0.29, 0.717) is 24.7 Å². The lowest BCUT2D eigenvalue weighted by atomic mass is 10.2. The molecule has 2 N–H and O–H groups in total. The third kappa shape index (κ3) is 5.71. The van der Waals surface area contributed by atoms with E-state index in [2.05, 4.69) is 20.6 Å². The van der Waals surface area contributed by atoms with Crippen molar-refractivity contribution in [3.05, 3.63) is 78.2 Å². The molecule has 7 nitrogen and oxygen atoms in total. The Morgan fingerprint density at radius 3 is 2.56 bits per heavy atom. The first-order chi connectivity index (χ1) is 13.2. The fourth-order valence-electron chi connectivity index (χ4n) is 2.28. The van der Waals surface area contributed by atoms with E-state index in [0.717, 1.165) is 17.0 Å². The third-order valence-electron chi connectivity index (χ3n) is 3.69. The number of hydrogen-bond donors (Lipinski definition) is 2. The molecular weight excluding hydrogens is 344 g/mol. The molecule has 1 aromatic carbocycles. The first-order valence-corrected chi connectivity index (χ1v) is 8.39. The molecule has 2 heterocycles. The summed E-state index contributed by atoms with van der Waals surface area (Å²) in [7, 11) is 1.54. The van der Waals surface area contributed by atoms with E-state index < -0.39 is 0 Å². The van der Waals surface area contributed by atoms with Crippen molar-refractivity contribution < 1.29 is 14.3 Å². The number of pyridine rings is 2. The zero-order chi connectivity index (χ0) is 18.9. The number of hydrogen-bond acceptors (Lipinski definition) is 5. The predicted octanol–water partition coefficient (Wildman–Crippen LogP) is 3.39. The Morgan fingerprint density at radius 2 is 1.89 bits per heavy atom. The van der Waals surface area contributed by atoms with Gasteiger partial charge in [-0.1, -0.05) is 18.2 Å². The fraction of sp³-hybridized carbons (Fsp3) is 0.150. The monoisotopic (exact) mass is 364 g/mol. The highest BCUT2D eigenvalue weighted by Crippen LogP contribution is 2.14. The molecule has 2 amide bonds.